The number of anilines is 5. The van der Waals surface area contributed by atoms with Gasteiger partial charge in [0.1, 0.15) is 0 Å². The average Bonchev–Trinajstić information content (AvgIpc) is 3.88. The molecule has 7 heterocycles. The predicted octanol–water partition coefficient (Wildman–Crippen LogP) is 4.20. The van der Waals surface area contributed by atoms with Crippen molar-refractivity contribution in [2.45, 2.75) is 0 Å². The van der Waals surface area contributed by atoms with Crippen molar-refractivity contribution >= 4 is 50.5 Å². The molecule has 0 N–H and O–H groups in total. The summed E-state index contributed by atoms with van der Waals surface area (Å²) in [6.45, 7) is 8.00. The number of aromatic nitrogens is 3. The van der Waals surface area contributed by atoms with Gasteiger partial charge in [0, 0.05) is 11.6 Å². The molecule has 14 heteroatoms. The van der Waals surface area contributed by atoms with Gasteiger partial charge in [0.15, 0.2) is 0 Å². The third-order valence-electron chi connectivity index (χ3n) is 8.01. The molecule has 0 amide bonds. The van der Waals surface area contributed by atoms with Crippen molar-refractivity contribution in [3.63, 3.8) is 0 Å². The first kappa shape index (κ1) is 33.7. The summed E-state index contributed by atoms with van der Waals surface area (Å²) >= 11 is 0. The molecule has 4 aliphatic heterocycles. The third-order valence-corrected chi connectivity index (χ3v) is 8.01. The Hall–Kier alpha value is -4.14. The van der Waals surface area contributed by atoms with Crippen molar-refractivity contribution in [1.29, 1.82) is 0 Å². The van der Waals surface area contributed by atoms with Crippen LogP contribution in [0.2, 0.25) is 0 Å². The van der Waals surface area contributed by atoms with Gasteiger partial charge in [-0.2, -0.15) is 44.5 Å². The van der Waals surface area contributed by atoms with Crippen molar-refractivity contribution in [1.82, 2.24) is 34.1 Å². The molecule has 3 aromatic heterocycles. The van der Waals surface area contributed by atoms with Crippen LogP contribution in [-0.2, 0) is 42.1 Å². The van der Waals surface area contributed by atoms with Crippen LogP contribution in [0.25, 0.3) is 27.5 Å². The molecule has 0 bridgehead atoms. The van der Waals surface area contributed by atoms with Crippen LogP contribution in [-0.4, -0.2) is 76.4 Å². The summed E-state index contributed by atoms with van der Waals surface area (Å²) in [4.78, 5) is 27.8. The molecule has 0 saturated carbocycles. The Morgan fingerprint density at radius 1 is 0.542 bits per heavy atom. The van der Waals surface area contributed by atoms with Crippen LogP contribution < -0.4 is 24.5 Å². The number of hydrogen-bond donors (Lipinski definition) is 0. The normalized spacial score (nSPS) is 16.9. The van der Waals surface area contributed by atoms with Gasteiger partial charge in [-0.05, 0) is 91.9 Å². The van der Waals surface area contributed by atoms with Crippen molar-refractivity contribution in [2.24, 2.45) is 0 Å². The Morgan fingerprint density at radius 3 is 1.25 bits per heavy atom. The maximum Gasteiger partial charge on any atom is 4.00 e. The summed E-state index contributed by atoms with van der Waals surface area (Å²) in [5.41, 5.74) is 5.07. The van der Waals surface area contributed by atoms with E-state index in [9.17, 15) is 0 Å². The fourth-order valence-electron chi connectivity index (χ4n) is 5.84. The van der Waals surface area contributed by atoms with Crippen LogP contribution in [0.1, 0.15) is 0 Å². The van der Waals surface area contributed by atoms with E-state index in [1.165, 1.54) is 0 Å². The molecule has 12 nitrogen and oxygen atoms in total. The standard InChI is InChI=1S/C34H32N12.2Pt/c1-37(2)34-30(42-11-7-38(3)21-42)15-25(16-31(34)43-12-8-39(4)22-43)46-28-17-32(44-13-9-40(5)23-44)35-19-26(28)27-20-36-33(18-29(27)46)45-14-10-41(6)24-45;;/h7-14,19-24H,1-6H3;;/q-8;2*+4. The molecule has 4 aromatic rings. The minimum absolute atomic E-state index is 0. The number of rotatable bonds is 6. The molecule has 0 saturated heterocycles. The second-order valence-corrected chi connectivity index (χ2v) is 11.8. The molecule has 1 aromatic carbocycles. The monoisotopic (exact) mass is 998 g/mol. The van der Waals surface area contributed by atoms with Gasteiger partial charge in [-0.25, -0.2) is 27.8 Å². The first-order chi connectivity index (χ1) is 22.2. The Labute approximate surface area is 310 Å². The molecular formula is C34H32N12Pt2. The average molecular weight is 999 g/mol. The van der Waals surface area contributed by atoms with Crippen molar-refractivity contribution < 1.29 is 42.1 Å². The summed E-state index contributed by atoms with van der Waals surface area (Å²) in [6, 6.07) is 14.7. The maximum absolute atomic E-state index is 4.79. The number of hydrogen-bond acceptors (Lipinski definition) is 11. The fourth-order valence-corrected chi connectivity index (χ4v) is 5.84. The van der Waals surface area contributed by atoms with Crippen LogP contribution >= 0.6 is 0 Å². The number of fused-ring (bicyclic) bond motifs is 3. The van der Waals surface area contributed by atoms with E-state index in [1.807, 2.05) is 160 Å². The molecule has 8 rings (SSSR count). The van der Waals surface area contributed by atoms with E-state index in [0.717, 1.165) is 38.9 Å². The third kappa shape index (κ3) is 5.79. The zero-order valence-electron chi connectivity index (χ0n) is 27.1. The Balaban J connectivity index is 0.00000201. The van der Waals surface area contributed by atoms with Gasteiger partial charge >= 0.3 is 42.1 Å². The largest absolute Gasteiger partial charge is 4.00 e. The van der Waals surface area contributed by atoms with E-state index in [4.69, 9.17) is 9.97 Å². The van der Waals surface area contributed by atoms with Gasteiger partial charge in [-0.3, -0.25) is 9.97 Å². The van der Waals surface area contributed by atoms with Gasteiger partial charge in [-0.1, -0.05) is 12.4 Å². The second-order valence-electron chi connectivity index (χ2n) is 11.8. The molecule has 0 fully saturated rings. The van der Waals surface area contributed by atoms with Crippen LogP contribution in [0.4, 0.5) is 28.7 Å². The molecule has 0 radical (unpaired) electrons. The van der Waals surface area contributed by atoms with E-state index >= 15 is 0 Å². The minimum Gasteiger partial charge on any atom is -0.518 e. The second kappa shape index (κ2) is 13.0. The molecular weight excluding hydrogens is 967 g/mol. The van der Waals surface area contributed by atoms with E-state index in [2.05, 4.69) is 43.5 Å². The summed E-state index contributed by atoms with van der Waals surface area (Å²) in [6.07, 6.45) is 19.8. The SMILES string of the molecule is CN1C=CN(c2[c-]c3c(cn2)c2cnc(N4C=CN(C)[CH-]4)[c-]c2n3-c2[c-]c(N3C=CN(C)[CH-]3)c(N(C)C)c(N3C=CN(C)[CH-]3)[c-]2)[CH-]1.[Pt+4].[Pt+4]. The smallest absolute Gasteiger partial charge is 0.518 e. The quantitative estimate of drug-likeness (QED) is 0.262. The minimum atomic E-state index is 0. The van der Waals surface area contributed by atoms with Gasteiger partial charge in [0.25, 0.3) is 0 Å². The molecule has 0 spiro atoms. The summed E-state index contributed by atoms with van der Waals surface area (Å²) in [7, 11) is 12.1. The summed E-state index contributed by atoms with van der Waals surface area (Å²) in [5, 5.41) is 1.81. The number of benzene rings is 1. The number of pyridine rings is 2. The Kier molecular flexibility index (Phi) is 9.17. The molecule has 0 aliphatic carbocycles. The molecule has 0 unspecified atom stereocenters. The zero-order chi connectivity index (χ0) is 31.7. The van der Waals surface area contributed by atoms with Crippen molar-refractivity contribution in [3.8, 4) is 5.69 Å². The fraction of sp³-hybridized carbons (Fsp3) is 0.176. The van der Waals surface area contributed by atoms with E-state index in [1.54, 1.807) is 0 Å². The van der Waals surface area contributed by atoms with E-state index < -0.39 is 0 Å². The molecule has 248 valence electrons. The topological polar surface area (TPSA) is 59.9 Å². The van der Waals surface area contributed by atoms with Gasteiger partial charge in [0.05, 0.1) is 0 Å². The molecule has 0 atom stereocenters. The number of nitrogens with zero attached hydrogens (tertiary/aromatic N) is 12. The molecule has 48 heavy (non-hydrogen) atoms. The first-order valence-corrected chi connectivity index (χ1v) is 14.7. The van der Waals surface area contributed by atoms with Crippen molar-refractivity contribution in [3.05, 3.63) is 113 Å². The van der Waals surface area contributed by atoms with Crippen molar-refractivity contribution in [2.75, 3.05) is 66.8 Å². The Bertz CT molecular complexity index is 1840. The van der Waals surface area contributed by atoms with Crippen LogP contribution in [0, 0.1) is 50.9 Å². The first-order valence-electron chi connectivity index (χ1n) is 14.7. The maximum atomic E-state index is 4.79. The van der Waals surface area contributed by atoms with Crippen LogP contribution in [0.15, 0.2) is 62.0 Å². The van der Waals surface area contributed by atoms with Gasteiger partial charge in [-0.15, -0.1) is 11.0 Å². The van der Waals surface area contributed by atoms with Gasteiger partial charge < -0.3 is 60.8 Å². The van der Waals surface area contributed by atoms with E-state index in [-0.39, 0.29) is 42.1 Å². The summed E-state index contributed by atoms with van der Waals surface area (Å²) < 4.78 is 2.12. The predicted molar refractivity (Wildman–Crippen MR) is 181 cm³/mol. The summed E-state index contributed by atoms with van der Waals surface area (Å²) in [5.74, 6) is 1.34. The Morgan fingerprint density at radius 2 is 0.917 bits per heavy atom. The zero-order valence-corrected chi connectivity index (χ0v) is 31.6. The van der Waals surface area contributed by atoms with Crippen LogP contribution in [0.5, 0.6) is 0 Å². The molecule has 4 aliphatic rings. The van der Waals surface area contributed by atoms with Gasteiger partial charge in [0.2, 0.25) is 0 Å². The van der Waals surface area contributed by atoms with Crippen LogP contribution in [0.3, 0.4) is 0 Å². The van der Waals surface area contributed by atoms with E-state index in [0.29, 0.717) is 17.3 Å².